The number of nitrogens with one attached hydrogen (secondary N) is 1. The van der Waals surface area contributed by atoms with Crippen molar-refractivity contribution in [3.8, 4) is 0 Å². The van der Waals surface area contributed by atoms with Gasteiger partial charge in [-0.3, -0.25) is 4.79 Å². The first-order valence-corrected chi connectivity index (χ1v) is 8.71. The Balaban J connectivity index is 1.98. The van der Waals surface area contributed by atoms with E-state index < -0.39 is 5.54 Å². The van der Waals surface area contributed by atoms with Crippen LogP contribution in [0.5, 0.6) is 0 Å². The van der Waals surface area contributed by atoms with Crippen LogP contribution in [0.3, 0.4) is 0 Å². The average molecular weight is 295 g/mol. The number of carbonyl (C=O) groups excluding carboxylic acids is 1. The summed E-state index contributed by atoms with van der Waals surface area (Å²) < 4.78 is 0. The Hall–Kier alpha value is -0.610. The Kier molecular flexibility index (Phi) is 5.67. The molecule has 0 spiro atoms. The number of carbonyl (C=O) groups is 1. The lowest BCUT2D eigenvalue weighted by Gasteiger charge is -2.44. The third kappa shape index (κ3) is 4.19. The molecule has 0 heterocycles. The maximum absolute atomic E-state index is 12.1. The lowest BCUT2D eigenvalue weighted by atomic mass is 9.77. The van der Waals surface area contributed by atoms with E-state index in [1.165, 1.54) is 38.6 Å². The van der Waals surface area contributed by atoms with Gasteiger partial charge in [-0.2, -0.15) is 0 Å². The van der Waals surface area contributed by atoms with E-state index in [0.29, 0.717) is 6.04 Å². The number of primary amides is 1. The van der Waals surface area contributed by atoms with Crippen molar-refractivity contribution < 1.29 is 4.79 Å². The molecule has 2 aliphatic rings. The maximum atomic E-state index is 12.1. The lowest BCUT2D eigenvalue weighted by molar-refractivity contribution is -0.127. The fraction of sp³-hybridized carbons (Fsp3) is 0.941. The Morgan fingerprint density at radius 3 is 2.52 bits per heavy atom. The van der Waals surface area contributed by atoms with Gasteiger partial charge >= 0.3 is 0 Å². The van der Waals surface area contributed by atoms with Gasteiger partial charge in [0.25, 0.3) is 0 Å². The van der Waals surface area contributed by atoms with Crippen LogP contribution in [0.25, 0.3) is 0 Å². The molecule has 3 N–H and O–H groups in total. The summed E-state index contributed by atoms with van der Waals surface area (Å²) >= 11 is 0. The van der Waals surface area contributed by atoms with Crippen molar-refractivity contribution in [3.05, 3.63) is 0 Å². The minimum atomic E-state index is -0.499. The molecule has 2 fully saturated rings. The lowest BCUT2D eigenvalue weighted by Crippen LogP contribution is -2.62. The van der Waals surface area contributed by atoms with E-state index in [-0.39, 0.29) is 11.9 Å². The molecule has 4 nitrogen and oxygen atoms in total. The number of nitrogens with two attached hydrogens (primary N) is 1. The van der Waals surface area contributed by atoms with Crippen molar-refractivity contribution in [3.63, 3.8) is 0 Å². The fourth-order valence-electron chi connectivity index (χ4n) is 4.35. The average Bonchev–Trinajstić information content (AvgIpc) is 2.91. The molecule has 2 unspecified atom stereocenters. The first-order valence-electron chi connectivity index (χ1n) is 8.71. The largest absolute Gasteiger partial charge is 0.368 e. The number of hydrogen-bond donors (Lipinski definition) is 2. The number of rotatable bonds is 6. The van der Waals surface area contributed by atoms with Gasteiger partial charge in [0, 0.05) is 18.6 Å². The molecule has 21 heavy (non-hydrogen) atoms. The third-order valence-corrected chi connectivity index (χ3v) is 5.41. The molecule has 1 amide bonds. The van der Waals surface area contributed by atoms with Gasteiger partial charge < -0.3 is 16.0 Å². The van der Waals surface area contributed by atoms with Crippen molar-refractivity contribution in [1.82, 2.24) is 10.2 Å². The Morgan fingerprint density at radius 1 is 1.29 bits per heavy atom. The zero-order chi connectivity index (χ0) is 15.5. The van der Waals surface area contributed by atoms with Crippen LogP contribution in [0.4, 0.5) is 0 Å². The van der Waals surface area contributed by atoms with E-state index in [4.69, 9.17) is 5.73 Å². The van der Waals surface area contributed by atoms with E-state index in [1.54, 1.807) is 0 Å². The highest BCUT2D eigenvalue weighted by atomic mass is 16.1. The van der Waals surface area contributed by atoms with Gasteiger partial charge in [0.15, 0.2) is 0 Å². The molecule has 0 aromatic rings. The second-order valence-electron chi connectivity index (χ2n) is 7.59. The highest BCUT2D eigenvalue weighted by molar-refractivity contribution is 5.85. The van der Waals surface area contributed by atoms with Gasteiger partial charge in [-0.25, -0.2) is 0 Å². The van der Waals surface area contributed by atoms with Crippen LogP contribution in [0, 0.1) is 5.92 Å². The monoisotopic (exact) mass is 295 g/mol. The fourth-order valence-corrected chi connectivity index (χ4v) is 4.35. The standard InChI is InChI=1S/C17H33N3O/c1-13(2)19-17(16(18)21)10-6-9-15(11-17)20(3)12-14-7-4-5-8-14/h13-15,19H,4-12H2,1-3H3,(H2,18,21). The second-order valence-corrected chi connectivity index (χ2v) is 7.59. The maximum Gasteiger partial charge on any atom is 0.237 e. The van der Waals surface area contributed by atoms with Crippen molar-refractivity contribution in [1.29, 1.82) is 0 Å². The molecule has 0 aromatic heterocycles. The van der Waals surface area contributed by atoms with Gasteiger partial charge in [-0.1, -0.05) is 12.8 Å². The molecule has 2 rings (SSSR count). The van der Waals surface area contributed by atoms with E-state index in [9.17, 15) is 4.79 Å². The molecule has 2 atom stereocenters. The summed E-state index contributed by atoms with van der Waals surface area (Å²) in [6.07, 6.45) is 9.56. The van der Waals surface area contributed by atoms with Crippen molar-refractivity contribution in [2.75, 3.05) is 13.6 Å². The molecule has 4 heteroatoms. The summed E-state index contributed by atoms with van der Waals surface area (Å²) in [6, 6.07) is 0.773. The van der Waals surface area contributed by atoms with E-state index in [0.717, 1.165) is 25.2 Å². The Bertz CT molecular complexity index is 352. The number of amides is 1. The first kappa shape index (κ1) is 16.8. The van der Waals surface area contributed by atoms with E-state index >= 15 is 0 Å². The molecule has 0 saturated heterocycles. The van der Waals surface area contributed by atoms with Crippen LogP contribution >= 0.6 is 0 Å². The highest BCUT2D eigenvalue weighted by Crippen LogP contribution is 2.33. The molecule has 0 bridgehead atoms. The summed E-state index contributed by atoms with van der Waals surface area (Å²) in [5.41, 5.74) is 5.26. The quantitative estimate of drug-likeness (QED) is 0.790. The second kappa shape index (κ2) is 7.10. The van der Waals surface area contributed by atoms with Crippen LogP contribution in [-0.2, 0) is 4.79 Å². The molecule has 0 aliphatic heterocycles. The van der Waals surface area contributed by atoms with Gasteiger partial charge in [0.2, 0.25) is 5.91 Å². The molecule has 2 saturated carbocycles. The minimum Gasteiger partial charge on any atom is -0.368 e. The van der Waals surface area contributed by atoms with Crippen molar-refractivity contribution >= 4 is 5.91 Å². The highest BCUT2D eigenvalue weighted by Gasteiger charge is 2.42. The zero-order valence-corrected chi connectivity index (χ0v) is 14.0. The van der Waals surface area contributed by atoms with Crippen LogP contribution in [0.2, 0.25) is 0 Å². The van der Waals surface area contributed by atoms with Crippen molar-refractivity contribution in [2.24, 2.45) is 11.7 Å². The van der Waals surface area contributed by atoms with Gasteiger partial charge in [-0.15, -0.1) is 0 Å². The molecule has 122 valence electrons. The molecular formula is C17H33N3O. The molecular weight excluding hydrogens is 262 g/mol. The zero-order valence-electron chi connectivity index (χ0n) is 14.0. The van der Waals surface area contributed by atoms with Gasteiger partial charge in [0.1, 0.15) is 0 Å². The van der Waals surface area contributed by atoms with Crippen LogP contribution in [0.15, 0.2) is 0 Å². The molecule has 0 radical (unpaired) electrons. The number of hydrogen-bond acceptors (Lipinski definition) is 3. The third-order valence-electron chi connectivity index (χ3n) is 5.41. The summed E-state index contributed by atoms with van der Waals surface area (Å²) in [7, 11) is 2.23. The Morgan fingerprint density at radius 2 is 1.95 bits per heavy atom. The summed E-state index contributed by atoms with van der Waals surface area (Å²) in [4.78, 5) is 14.6. The van der Waals surface area contributed by atoms with E-state index in [2.05, 4.69) is 31.1 Å². The predicted octanol–water partition coefficient (Wildman–Crippen LogP) is 2.27. The Labute approximate surface area is 129 Å². The van der Waals surface area contributed by atoms with E-state index in [1.807, 2.05) is 0 Å². The topological polar surface area (TPSA) is 58.4 Å². The SMILES string of the molecule is CC(C)NC1(C(N)=O)CCCC(N(C)CC2CCCC2)C1. The van der Waals surface area contributed by atoms with Gasteiger partial charge in [0.05, 0.1) is 5.54 Å². The smallest absolute Gasteiger partial charge is 0.237 e. The molecule has 0 aromatic carbocycles. The summed E-state index contributed by atoms with van der Waals surface area (Å²) in [5.74, 6) is 0.688. The number of nitrogens with zero attached hydrogens (tertiary/aromatic N) is 1. The van der Waals surface area contributed by atoms with Crippen LogP contribution < -0.4 is 11.1 Å². The first-order chi connectivity index (χ1) is 9.93. The normalized spacial score (nSPS) is 31.2. The van der Waals surface area contributed by atoms with Crippen LogP contribution in [-0.4, -0.2) is 42.0 Å². The van der Waals surface area contributed by atoms with Crippen molar-refractivity contribution in [2.45, 2.75) is 82.8 Å². The van der Waals surface area contributed by atoms with Gasteiger partial charge in [-0.05, 0) is 65.3 Å². The predicted molar refractivity (Wildman–Crippen MR) is 87.0 cm³/mol. The summed E-state index contributed by atoms with van der Waals surface area (Å²) in [5, 5.41) is 3.47. The van der Waals surface area contributed by atoms with Crippen LogP contribution in [0.1, 0.15) is 65.2 Å². The summed E-state index contributed by atoms with van der Waals surface area (Å²) in [6.45, 7) is 5.37. The molecule has 2 aliphatic carbocycles. The minimum absolute atomic E-state index is 0.171.